The summed E-state index contributed by atoms with van der Waals surface area (Å²) in [6, 6.07) is 16.5. The highest BCUT2D eigenvalue weighted by Gasteiger charge is 2.05. The molecular weight excluding hydrogens is 282 g/mol. The SMILES string of the molecule is O=C(O)CCc1cccc(NC(=O)OCc2ccccc2)c1. The van der Waals surface area contributed by atoms with E-state index in [2.05, 4.69) is 5.32 Å². The van der Waals surface area contributed by atoms with E-state index in [9.17, 15) is 9.59 Å². The van der Waals surface area contributed by atoms with Crippen LogP contribution in [0, 0.1) is 0 Å². The van der Waals surface area contributed by atoms with Crippen molar-refractivity contribution >= 4 is 17.7 Å². The molecule has 5 heteroatoms. The van der Waals surface area contributed by atoms with Gasteiger partial charge in [-0.25, -0.2) is 4.79 Å². The number of carbonyl (C=O) groups excluding carboxylic acids is 1. The van der Waals surface area contributed by atoms with Crippen LogP contribution in [-0.2, 0) is 22.6 Å². The average molecular weight is 299 g/mol. The van der Waals surface area contributed by atoms with Gasteiger partial charge >= 0.3 is 12.1 Å². The van der Waals surface area contributed by atoms with E-state index in [1.54, 1.807) is 18.2 Å². The summed E-state index contributed by atoms with van der Waals surface area (Å²) in [5.41, 5.74) is 2.34. The van der Waals surface area contributed by atoms with E-state index in [-0.39, 0.29) is 13.0 Å². The number of rotatable bonds is 6. The molecule has 0 bridgehead atoms. The van der Waals surface area contributed by atoms with Gasteiger partial charge in [0.15, 0.2) is 0 Å². The Morgan fingerprint density at radius 1 is 1.00 bits per heavy atom. The number of nitrogens with one attached hydrogen (secondary N) is 1. The van der Waals surface area contributed by atoms with E-state index in [1.807, 2.05) is 36.4 Å². The Morgan fingerprint density at radius 3 is 2.45 bits per heavy atom. The summed E-state index contributed by atoms with van der Waals surface area (Å²) in [6.45, 7) is 0.200. The monoisotopic (exact) mass is 299 g/mol. The fourth-order valence-corrected chi connectivity index (χ4v) is 1.93. The number of hydrogen-bond acceptors (Lipinski definition) is 3. The normalized spacial score (nSPS) is 10.0. The fraction of sp³-hybridized carbons (Fsp3) is 0.176. The molecule has 0 aliphatic heterocycles. The molecule has 0 spiro atoms. The molecule has 0 saturated carbocycles. The molecule has 0 radical (unpaired) electrons. The van der Waals surface area contributed by atoms with Crippen molar-refractivity contribution in [3.63, 3.8) is 0 Å². The highest BCUT2D eigenvalue weighted by atomic mass is 16.5. The predicted molar refractivity (Wildman–Crippen MR) is 82.6 cm³/mol. The molecule has 2 N–H and O–H groups in total. The van der Waals surface area contributed by atoms with Crippen LogP contribution in [0.3, 0.4) is 0 Å². The second-order valence-electron chi connectivity index (χ2n) is 4.78. The Kier molecular flexibility index (Phi) is 5.54. The number of carbonyl (C=O) groups is 2. The van der Waals surface area contributed by atoms with Crippen molar-refractivity contribution in [3.8, 4) is 0 Å². The van der Waals surface area contributed by atoms with Crippen molar-refractivity contribution in [1.29, 1.82) is 0 Å². The first-order chi connectivity index (χ1) is 10.6. The molecule has 2 rings (SSSR count). The predicted octanol–water partition coefficient (Wildman–Crippen LogP) is 3.45. The molecule has 0 atom stereocenters. The molecule has 1 amide bonds. The van der Waals surface area contributed by atoms with E-state index in [4.69, 9.17) is 9.84 Å². The van der Waals surface area contributed by atoms with Gasteiger partial charge in [-0.1, -0.05) is 42.5 Å². The Bertz CT molecular complexity index is 640. The van der Waals surface area contributed by atoms with Gasteiger partial charge < -0.3 is 9.84 Å². The first-order valence-electron chi connectivity index (χ1n) is 6.92. The maximum atomic E-state index is 11.7. The lowest BCUT2D eigenvalue weighted by Gasteiger charge is -2.08. The number of anilines is 1. The maximum absolute atomic E-state index is 11.7. The number of ether oxygens (including phenoxy) is 1. The van der Waals surface area contributed by atoms with Gasteiger partial charge in [0.1, 0.15) is 6.61 Å². The van der Waals surface area contributed by atoms with Crippen molar-refractivity contribution in [2.24, 2.45) is 0 Å². The minimum Gasteiger partial charge on any atom is -0.481 e. The molecule has 2 aromatic carbocycles. The topological polar surface area (TPSA) is 75.6 Å². The molecule has 0 aliphatic rings. The Morgan fingerprint density at radius 2 is 1.73 bits per heavy atom. The third kappa shape index (κ3) is 5.28. The second-order valence-corrected chi connectivity index (χ2v) is 4.78. The molecule has 0 aliphatic carbocycles. The molecule has 0 aromatic heterocycles. The molecule has 0 heterocycles. The summed E-state index contributed by atoms with van der Waals surface area (Å²) >= 11 is 0. The van der Waals surface area contributed by atoms with Crippen LogP contribution in [0.25, 0.3) is 0 Å². The minimum atomic E-state index is -0.847. The molecule has 0 fully saturated rings. The smallest absolute Gasteiger partial charge is 0.411 e. The highest BCUT2D eigenvalue weighted by molar-refractivity contribution is 5.84. The third-order valence-electron chi connectivity index (χ3n) is 3.01. The van der Waals surface area contributed by atoms with Gasteiger partial charge in [0.2, 0.25) is 0 Å². The van der Waals surface area contributed by atoms with Gasteiger partial charge in [-0.15, -0.1) is 0 Å². The van der Waals surface area contributed by atoms with Crippen LogP contribution in [0.4, 0.5) is 10.5 Å². The number of benzene rings is 2. The van der Waals surface area contributed by atoms with Crippen LogP contribution >= 0.6 is 0 Å². The van der Waals surface area contributed by atoms with E-state index in [1.165, 1.54) is 0 Å². The van der Waals surface area contributed by atoms with Gasteiger partial charge in [0, 0.05) is 12.1 Å². The van der Waals surface area contributed by atoms with Crippen LogP contribution < -0.4 is 5.32 Å². The quantitative estimate of drug-likeness (QED) is 0.856. The van der Waals surface area contributed by atoms with E-state index < -0.39 is 12.1 Å². The minimum absolute atomic E-state index is 0.0574. The molecule has 22 heavy (non-hydrogen) atoms. The van der Waals surface area contributed by atoms with Crippen LogP contribution in [0.15, 0.2) is 54.6 Å². The van der Waals surface area contributed by atoms with Crippen LogP contribution in [0.2, 0.25) is 0 Å². The third-order valence-corrected chi connectivity index (χ3v) is 3.01. The Labute approximate surface area is 128 Å². The van der Waals surface area contributed by atoms with Crippen LogP contribution in [-0.4, -0.2) is 17.2 Å². The summed E-state index contributed by atoms with van der Waals surface area (Å²) in [5.74, 6) is -0.847. The summed E-state index contributed by atoms with van der Waals surface area (Å²) in [4.78, 5) is 22.3. The van der Waals surface area contributed by atoms with E-state index >= 15 is 0 Å². The summed E-state index contributed by atoms with van der Waals surface area (Å²) in [5, 5.41) is 11.3. The molecule has 0 unspecified atom stereocenters. The maximum Gasteiger partial charge on any atom is 0.411 e. The Balaban J connectivity index is 1.85. The number of carboxylic acids is 1. The van der Waals surface area contributed by atoms with Crippen molar-refractivity contribution in [2.45, 2.75) is 19.4 Å². The molecule has 114 valence electrons. The fourth-order valence-electron chi connectivity index (χ4n) is 1.93. The van der Waals surface area contributed by atoms with Crippen molar-refractivity contribution in [3.05, 3.63) is 65.7 Å². The first kappa shape index (κ1) is 15.6. The second kappa shape index (κ2) is 7.83. The molecule has 0 saturated heterocycles. The summed E-state index contributed by atoms with van der Waals surface area (Å²) < 4.78 is 5.13. The van der Waals surface area contributed by atoms with Crippen LogP contribution in [0.5, 0.6) is 0 Å². The molecular formula is C17H17NO4. The number of hydrogen-bond donors (Lipinski definition) is 2. The standard InChI is InChI=1S/C17H17NO4/c19-16(20)10-9-13-7-4-8-15(11-13)18-17(21)22-12-14-5-2-1-3-6-14/h1-8,11H,9-10,12H2,(H,18,21)(H,19,20). The first-order valence-corrected chi connectivity index (χ1v) is 6.92. The van der Waals surface area contributed by atoms with Gasteiger partial charge in [-0.2, -0.15) is 0 Å². The summed E-state index contributed by atoms with van der Waals surface area (Å²) in [7, 11) is 0. The molecule has 2 aromatic rings. The largest absolute Gasteiger partial charge is 0.481 e. The molecule has 5 nitrogen and oxygen atoms in total. The lowest BCUT2D eigenvalue weighted by atomic mass is 10.1. The van der Waals surface area contributed by atoms with Gasteiger partial charge in [-0.05, 0) is 29.7 Å². The number of amides is 1. The van der Waals surface area contributed by atoms with Crippen molar-refractivity contribution < 1.29 is 19.4 Å². The Hall–Kier alpha value is -2.82. The lowest BCUT2D eigenvalue weighted by Crippen LogP contribution is -2.13. The lowest BCUT2D eigenvalue weighted by molar-refractivity contribution is -0.136. The zero-order chi connectivity index (χ0) is 15.8. The zero-order valence-electron chi connectivity index (χ0n) is 12.0. The number of carboxylic acid groups (broad SMARTS) is 1. The van der Waals surface area contributed by atoms with Gasteiger partial charge in [-0.3, -0.25) is 10.1 Å². The average Bonchev–Trinajstić information content (AvgIpc) is 2.52. The van der Waals surface area contributed by atoms with Crippen LogP contribution in [0.1, 0.15) is 17.5 Å². The summed E-state index contributed by atoms with van der Waals surface area (Å²) in [6.07, 6.45) is -0.0644. The van der Waals surface area contributed by atoms with Gasteiger partial charge in [0.05, 0.1) is 0 Å². The van der Waals surface area contributed by atoms with Crippen molar-refractivity contribution in [1.82, 2.24) is 0 Å². The number of aliphatic carboxylic acids is 1. The van der Waals surface area contributed by atoms with E-state index in [0.717, 1.165) is 11.1 Å². The van der Waals surface area contributed by atoms with Gasteiger partial charge in [0.25, 0.3) is 0 Å². The van der Waals surface area contributed by atoms with E-state index in [0.29, 0.717) is 12.1 Å². The highest BCUT2D eigenvalue weighted by Crippen LogP contribution is 2.13. The number of aryl methyl sites for hydroxylation is 1. The zero-order valence-corrected chi connectivity index (χ0v) is 12.0. The van der Waals surface area contributed by atoms with Crippen molar-refractivity contribution in [2.75, 3.05) is 5.32 Å².